The smallest absolute Gasteiger partial charge is 0.126 e. The zero-order valence-corrected chi connectivity index (χ0v) is 8.93. The molecule has 4 heteroatoms. The van der Waals surface area contributed by atoms with Gasteiger partial charge in [0.15, 0.2) is 0 Å². The minimum atomic E-state index is -0.725. The number of aliphatic hydroxyl groups excluding tert-OH is 1. The second kappa shape index (κ2) is 5.39. The zero-order valence-electron chi connectivity index (χ0n) is 8.93. The van der Waals surface area contributed by atoms with Crippen LogP contribution >= 0.6 is 0 Å². The van der Waals surface area contributed by atoms with Crippen molar-refractivity contribution < 1.29 is 19.0 Å². The Balaban J connectivity index is 1.96. The second-order valence-corrected chi connectivity index (χ2v) is 3.85. The summed E-state index contributed by atoms with van der Waals surface area (Å²) >= 11 is 0. The van der Waals surface area contributed by atoms with E-state index in [0.29, 0.717) is 25.4 Å². The van der Waals surface area contributed by atoms with Gasteiger partial charge in [-0.1, -0.05) is 18.2 Å². The van der Waals surface area contributed by atoms with Crippen LogP contribution in [0.15, 0.2) is 24.3 Å². The first-order valence-electron chi connectivity index (χ1n) is 5.38. The second-order valence-electron chi connectivity index (χ2n) is 3.85. The monoisotopic (exact) mass is 226 g/mol. The highest BCUT2D eigenvalue weighted by Crippen LogP contribution is 2.14. The minimum absolute atomic E-state index is 0.251. The van der Waals surface area contributed by atoms with Gasteiger partial charge in [0, 0.05) is 6.42 Å². The molecular formula is C12H15FO3. The molecule has 2 unspecified atom stereocenters. The summed E-state index contributed by atoms with van der Waals surface area (Å²) in [6, 6.07) is 6.44. The Morgan fingerprint density at radius 3 is 2.88 bits per heavy atom. The van der Waals surface area contributed by atoms with Crippen LogP contribution in [0.4, 0.5) is 4.39 Å². The van der Waals surface area contributed by atoms with Crippen molar-refractivity contribution in [3.8, 4) is 0 Å². The Hall–Kier alpha value is -0.970. The predicted octanol–water partition coefficient (Wildman–Crippen LogP) is 1.14. The van der Waals surface area contributed by atoms with Crippen molar-refractivity contribution >= 4 is 0 Å². The van der Waals surface area contributed by atoms with Crippen LogP contribution in [0.2, 0.25) is 0 Å². The average molecular weight is 226 g/mol. The molecule has 0 amide bonds. The molecule has 1 heterocycles. The third-order valence-electron chi connectivity index (χ3n) is 2.66. The maximum Gasteiger partial charge on any atom is 0.126 e. The van der Waals surface area contributed by atoms with Crippen molar-refractivity contribution in [2.75, 3.05) is 19.8 Å². The molecule has 1 saturated heterocycles. The third kappa shape index (κ3) is 2.78. The van der Waals surface area contributed by atoms with Gasteiger partial charge in [-0.2, -0.15) is 0 Å². The maximum absolute atomic E-state index is 13.3. The van der Waals surface area contributed by atoms with E-state index >= 15 is 0 Å². The highest BCUT2D eigenvalue weighted by Gasteiger charge is 2.24. The number of benzene rings is 1. The average Bonchev–Trinajstić information content (AvgIpc) is 2.33. The quantitative estimate of drug-likeness (QED) is 0.840. The number of ether oxygens (including phenoxy) is 2. The van der Waals surface area contributed by atoms with Crippen LogP contribution in [0, 0.1) is 5.82 Å². The molecule has 2 rings (SSSR count). The lowest BCUT2D eigenvalue weighted by molar-refractivity contribution is -0.131. The predicted molar refractivity (Wildman–Crippen MR) is 56.7 cm³/mol. The lowest BCUT2D eigenvalue weighted by Gasteiger charge is -2.27. The van der Waals surface area contributed by atoms with Gasteiger partial charge in [-0.3, -0.25) is 0 Å². The molecule has 1 fully saturated rings. The van der Waals surface area contributed by atoms with Gasteiger partial charge in [-0.25, -0.2) is 4.39 Å². The van der Waals surface area contributed by atoms with Gasteiger partial charge in [0.2, 0.25) is 0 Å². The number of hydrogen-bond donors (Lipinski definition) is 1. The highest BCUT2D eigenvalue weighted by atomic mass is 19.1. The summed E-state index contributed by atoms with van der Waals surface area (Å²) in [5.74, 6) is -0.293. The highest BCUT2D eigenvalue weighted by molar-refractivity contribution is 5.18. The topological polar surface area (TPSA) is 38.7 Å². The normalized spacial score (nSPS) is 23.0. The number of hydrogen-bond acceptors (Lipinski definition) is 3. The third-order valence-corrected chi connectivity index (χ3v) is 2.66. The first kappa shape index (κ1) is 11.5. The maximum atomic E-state index is 13.3. The molecule has 0 aromatic heterocycles. The molecule has 16 heavy (non-hydrogen) atoms. The lowest BCUT2D eigenvalue weighted by atomic mass is 10.0. The first-order valence-corrected chi connectivity index (χ1v) is 5.38. The van der Waals surface area contributed by atoms with E-state index in [9.17, 15) is 9.50 Å². The summed E-state index contributed by atoms with van der Waals surface area (Å²) in [5, 5.41) is 9.88. The molecule has 1 aliphatic rings. The fourth-order valence-corrected chi connectivity index (χ4v) is 1.75. The Labute approximate surface area is 93.8 Å². The van der Waals surface area contributed by atoms with E-state index < -0.39 is 6.10 Å². The van der Waals surface area contributed by atoms with Gasteiger partial charge in [0.1, 0.15) is 11.9 Å². The summed E-state index contributed by atoms with van der Waals surface area (Å²) in [7, 11) is 0. The molecule has 1 aliphatic heterocycles. The van der Waals surface area contributed by atoms with E-state index in [0.717, 1.165) is 0 Å². The van der Waals surface area contributed by atoms with Crippen LogP contribution in [0.25, 0.3) is 0 Å². The van der Waals surface area contributed by atoms with Gasteiger partial charge in [0.25, 0.3) is 0 Å². The molecule has 1 N–H and O–H groups in total. The van der Waals surface area contributed by atoms with Crippen LogP contribution in [0.5, 0.6) is 0 Å². The summed E-state index contributed by atoms with van der Waals surface area (Å²) in [6.45, 7) is 1.41. The Morgan fingerprint density at radius 2 is 2.19 bits per heavy atom. The minimum Gasteiger partial charge on any atom is -0.390 e. The molecule has 88 valence electrons. The van der Waals surface area contributed by atoms with Crippen LogP contribution in [0.1, 0.15) is 5.56 Å². The van der Waals surface area contributed by atoms with Crippen LogP contribution in [-0.2, 0) is 15.9 Å². The molecule has 0 bridgehead atoms. The van der Waals surface area contributed by atoms with Crippen molar-refractivity contribution in [2.45, 2.75) is 18.6 Å². The van der Waals surface area contributed by atoms with E-state index in [1.54, 1.807) is 18.2 Å². The van der Waals surface area contributed by atoms with Crippen molar-refractivity contribution in [1.29, 1.82) is 0 Å². The van der Waals surface area contributed by atoms with E-state index in [1.165, 1.54) is 6.07 Å². The van der Waals surface area contributed by atoms with E-state index in [1.807, 2.05) is 0 Å². The molecule has 0 aliphatic carbocycles. The molecule has 3 nitrogen and oxygen atoms in total. The molecule has 0 radical (unpaired) electrons. The summed E-state index contributed by atoms with van der Waals surface area (Å²) < 4.78 is 23.9. The lowest BCUT2D eigenvalue weighted by Crippen LogP contribution is -2.39. The number of rotatable bonds is 3. The molecular weight excluding hydrogens is 211 g/mol. The SMILES string of the molecule is OC(Cc1ccccc1F)C1COCCO1. The molecule has 0 saturated carbocycles. The van der Waals surface area contributed by atoms with Crippen LogP contribution in [0.3, 0.4) is 0 Å². The van der Waals surface area contributed by atoms with Gasteiger partial charge in [-0.05, 0) is 11.6 Å². The van der Waals surface area contributed by atoms with Gasteiger partial charge in [-0.15, -0.1) is 0 Å². The van der Waals surface area contributed by atoms with Crippen molar-refractivity contribution in [3.05, 3.63) is 35.6 Å². The summed E-state index contributed by atoms with van der Waals surface area (Å²) in [5.41, 5.74) is 0.504. The van der Waals surface area contributed by atoms with Crippen molar-refractivity contribution in [3.63, 3.8) is 0 Å². The Kier molecular flexibility index (Phi) is 3.88. The van der Waals surface area contributed by atoms with Crippen LogP contribution in [-0.4, -0.2) is 37.1 Å². The molecule has 2 atom stereocenters. The molecule has 0 spiro atoms. The van der Waals surface area contributed by atoms with Gasteiger partial charge in [0.05, 0.1) is 25.9 Å². The molecule has 1 aromatic carbocycles. The van der Waals surface area contributed by atoms with Crippen LogP contribution < -0.4 is 0 Å². The molecule has 1 aromatic rings. The van der Waals surface area contributed by atoms with E-state index in [2.05, 4.69) is 0 Å². The largest absolute Gasteiger partial charge is 0.390 e. The zero-order chi connectivity index (χ0) is 11.4. The first-order chi connectivity index (χ1) is 7.77. The fourth-order valence-electron chi connectivity index (χ4n) is 1.75. The summed E-state index contributed by atoms with van der Waals surface area (Å²) in [4.78, 5) is 0. The Bertz CT molecular complexity index is 337. The van der Waals surface area contributed by atoms with Crippen molar-refractivity contribution in [2.24, 2.45) is 0 Å². The van der Waals surface area contributed by atoms with Gasteiger partial charge < -0.3 is 14.6 Å². The van der Waals surface area contributed by atoms with E-state index in [4.69, 9.17) is 9.47 Å². The fraction of sp³-hybridized carbons (Fsp3) is 0.500. The Morgan fingerprint density at radius 1 is 1.38 bits per heavy atom. The number of aliphatic hydroxyl groups is 1. The number of halogens is 1. The standard InChI is InChI=1S/C12H15FO3/c13-10-4-2-1-3-9(10)7-11(14)12-8-15-5-6-16-12/h1-4,11-12,14H,5-8H2. The van der Waals surface area contributed by atoms with Gasteiger partial charge >= 0.3 is 0 Å². The van der Waals surface area contributed by atoms with Crippen molar-refractivity contribution in [1.82, 2.24) is 0 Å². The van der Waals surface area contributed by atoms with E-state index in [-0.39, 0.29) is 18.3 Å². The summed E-state index contributed by atoms with van der Waals surface area (Å²) in [6.07, 6.45) is -0.827.